The van der Waals surface area contributed by atoms with Crippen molar-refractivity contribution in [3.8, 4) is 11.4 Å². The maximum atomic E-state index is 14.7. The number of nitrogens with zero attached hydrogens (tertiary/aromatic N) is 5. The van der Waals surface area contributed by atoms with Gasteiger partial charge in [-0.25, -0.2) is 14.8 Å². The summed E-state index contributed by atoms with van der Waals surface area (Å²) in [5.74, 6) is -1.22. The van der Waals surface area contributed by atoms with E-state index in [0.717, 1.165) is 19.3 Å². The van der Waals surface area contributed by atoms with Gasteiger partial charge in [-0.3, -0.25) is 33.9 Å². The highest BCUT2D eigenvalue weighted by Gasteiger charge is 2.36. The van der Waals surface area contributed by atoms with E-state index in [9.17, 15) is 28.5 Å². The minimum atomic E-state index is -3.71. The van der Waals surface area contributed by atoms with Crippen LogP contribution in [-0.4, -0.2) is 148 Å². The molecule has 2 saturated heterocycles. The first-order chi connectivity index (χ1) is 27.5. The van der Waals surface area contributed by atoms with E-state index in [4.69, 9.17) is 23.9 Å². The van der Waals surface area contributed by atoms with Crippen LogP contribution in [0, 0.1) is 0 Å². The minimum absolute atomic E-state index is 0.00377. The van der Waals surface area contributed by atoms with Gasteiger partial charge in [-0.05, 0) is 25.7 Å². The summed E-state index contributed by atoms with van der Waals surface area (Å²) in [6.45, 7) is 4.49. The molecule has 0 radical (unpaired) electrons. The Labute approximate surface area is 334 Å². The number of methoxy groups -OCH3 is 3. The van der Waals surface area contributed by atoms with Crippen LogP contribution in [0.1, 0.15) is 62.4 Å². The van der Waals surface area contributed by atoms with Crippen molar-refractivity contribution in [3.63, 3.8) is 0 Å². The number of nitrogens with one attached hydrogen (secondary N) is 3. The predicted molar refractivity (Wildman–Crippen MR) is 212 cm³/mol. The lowest BCUT2D eigenvalue weighted by Gasteiger charge is -2.36. The van der Waals surface area contributed by atoms with Crippen LogP contribution < -0.4 is 20.4 Å². The van der Waals surface area contributed by atoms with E-state index >= 15 is 0 Å². The maximum Gasteiger partial charge on any atom is 0.409 e. The smallest absolute Gasteiger partial charge is 0.409 e. The summed E-state index contributed by atoms with van der Waals surface area (Å²) in [5, 5.41) is 8.83. The number of hydrogen-bond donors (Lipinski definition) is 3. The molecule has 3 N–H and O–H groups in total. The summed E-state index contributed by atoms with van der Waals surface area (Å²) >= 11 is 0. The number of rotatable bonds is 21. The van der Waals surface area contributed by atoms with Crippen LogP contribution >= 0.6 is 7.44 Å². The van der Waals surface area contributed by atoms with Crippen molar-refractivity contribution in [1.82, 2.24) is 35.3 Å². The highest BCUT2D eigenvalue weighted by Crippen LogP contribution is 2.37. The third-order valence-corrected chi connectivity index (χ3v) is 12.0. The van der Waals surface area contributed by atoms with E-state index in [0.29, 0.717) is 36.9 Å². The molecule has 19 heteroatoms. The highest BCUT2D eigenvalue weighted by molar-refractivity contribution is 7.59. The van der Waals surface area contributed by atoms with E-state index in [-0.39, 0.29) is 82.9 Å². The third-order valence-electron chi connectivity index (χ3n) is 9.70. The number of esters is 2. The Balaban J connectivity index is 1.62. The molecule has 1 unspecified atom stereocenters. The zero-order valence-electron chi connectivity index (χ0n) is 33.4. The number of hydrogen-bond acceptors (Lipinski definition) is 13. The van der Waals surface area contributed by atoms with E-state index in [1.807, 2.05) is 42.2 Å². The Morgan fingerprint density at radius 1 is 0.860 bits per heavy atom. The van der Waals surface area contributed by atoms with Crippen molar-refractivity contribution in [2.45, 2.75) is 64.0 Å². The monoisotopic (exact) mass is 816 g/mol. The molecule has 2 atom stereocenters. The SMILES string of the molecule is CCCCOC(=O)N1CCN(C(=O)C(CP(=O)(NCCCC(=O)OC)NCCCC(=O)OC)NC(=O)c2cc(N3CC[C@H](OC)C3)nc(-c3ccccc3)n2)CC1. The zero-order chi connectivity index (χ0) is 41.2. The number of carbonyl (C=O) groups is 5. The fourth-order valence-electron chi connectivity index (χ4n) is 6.33. The second kappa shape index (κ2) is 22.9. The molecule has 3 heterocycles. The normalized spacial score (nSPS) is 16.2. The Morgan fingerprint density at radius 2 is 1.49 bits per heavy atom. The fourth-order valence-corrected chi connectivity index (χ4v) is 8.50. The Bertz CT molecular complexity index is 1670. The number of anilines is 1. The number of amides is 3. The van der Waals surface area contributed by atoms with Crippen LogP contribution in [0.15, 0.2) is 36.4 Å². The van der Waals surface area contributed by atoms with Gasteiger partial charge < -0.3 is 39.0 Å². The second-order valence-electron chi connectivity index (χ2n) is 13.8. The van der Waals surface area contributed by atoms with Gasteiger partial charge in [-0.15, -0.1) is 0 Å². The number of piperazine rings is 1. The Kier molecular flexibility index (Phi) is 18.1. The number of benzene rings is 1. The van der Waals surface area contributed by atoms with Crippen molar-refractivity contribution in [3.05, 3.63) is 42.1 Å². The average molecular weight is 817 g/mol. The molecule has 0 saturated carbocycles. The summed E-state index contributed by atoms with van der Waals surface area (Å²) in [6, 6.07) is 9.46. The zero-order valence-corrected chi connectivity index (χ0v) is 34.3. The summed E-state index contributed by atoms with van der Waals surface area (Å²) in [5.41, 5.74) is 0.690. The fraction of sp³-hybridized carbons (Fsp3) is 0.605. The van der Waals surface area contributed by atoms with Crippen molar-refractivity contribution < 1.29 is 47.5 Å². The van der Waals surface area contributed by atoms with Gasteiger partial charge in [-0.2, -0.15) is 0 Å². The van der Waals surface area contributed by atoms with Gasteiger partial charge in [0.05, 0.1) is 33.1 Å². The number of ether oxygens (including phenoxy) is 4. The average Bonchev–Trinajstić information content (AvgIpc) is 3.73. The van der Waals surface area contributed by atoms with Gasteiger partial charge >= 0.3 is 18.0 Å². The molecule has 2 aromatic rings. The van der Waals surface area contributed by atoms with E-state index in [1.165, 1.54) is 24.0 Å². The molecule has 0 bridgehead atoms. The van der Waals surface area contributed by atoms with Crippen LogP contribution in [0.3, 0.4) is 0 Å². The van der Waals surface area contributed by atoms with Crippen LogP contribution in [-0.2, 0) is 37.9 Å². The van der Waals surface area contributed by atoms with Crippen LogP contribution in [0.4, 0.5) is 10.6 Å². The molecule has 0 spiro atoms. The number of aromatic nitrogens is 2. The number of carbonyl (C=O) groups excluding carboxylic acids is 5. The lowest BCUT2D eigenvalue weighted by molar-refractivity contribution is -0.141. The van der Waals surface area contributed by atoms with Gasteiger partial charge in [0.2, 0.25) is 13.4 Å². The quantitative estimate of drug-likeness (QED) is 0.0716. The molecule has 2 aliphatic rings. The van der Waals surface area contributed by atoms with Gasteiger partial charge in [0.25, 0.3) is 5.91 Å². The maximum absolute atomic E-state index is 14.7. The van der Waals surface area contributed by atoms with E-state index in [2.05, 4.69) is 20.5 Å². The lowest BCUT2D eigenvalue weighted by atomic mass is 10.2. The molecule has 2 fully saturated rings. The van der Waals surface area contributed by atoms with E-state index < -0.39 is 43.3 Å². The molecule has 57 heavy (non-hydrogen) atoms. The molecule has 0 aliphatic carbocycles. The standard InChI is InChI=1S/C38H57N8O10P/c1-5-6-24-56-38(51)45-22-20-44(21-23-45)37(50)31(27-57(52,39-17-10-14-33(47)54-3)40-18-11-15-34(48)55-4)42-36(49)30-25-32(46-19-16-29(26-46)53-2)43-35(41-30)28-12-8-7-9-13-28/h7-9,12-13,25,29,31H,5-6,10-11,14-24,26-27H2,1-4H3,(H,42,49)(H2,39,40,52)/t29-,31?/m0/s1. The summed E-state index contributed by atoms with van der Waals surface area (Å²) < 4.78 is 35.1. The topological polar surface area (TPSA) is 211 Å². The summed E-state index contributed by atoms with van der Waals surface area (Å²) in [4.78, 5) is 79.4. The van der Waals surface area contributed by atoms with Gasteiger partial charge in [0.15, 0.2) is 5.82 Å². The second-order valence-corrected chi connectivity index (χ2v) is 16.3. The molecule has 1 aromatic carbocycles. The Morgan fingerprint density at radius 3 is 2.07 bits per heavy atom. The first kappa shape index (κ1) is 45.1. The van der Waals surface area contributed by atoms with Crippen molar-refractivity contribution in [1.29, 1.82) is 0 Å². The molecule has 4 rings (SSSR count). The number of unbranched alkanes of at least 4 members (excludes halogenated alkanes) is 1. The van der Waals surface area contributed by atoms with Crippen molar-refractivity contribution >= 4 is 43.1 Å². The molecule has 18 nitrogen and oxygen atoms in total. The highest BCUT2D eigenvalue weighted by atomic mass is 31.2. The summed E-state index contributed by atoms with van der Waals surface area (Å²) in [6.07, 6.45) is 2.27. The first-order valence-corrected chi connectivity index (χ1v) is 21.3. The van der Waals surface area contributed by atoms with Crippen LogP contribution in [0.5, 0.6) is 0 Å². The van der Waals surface area contributed by atoms with Gasteiger partial charge in [0.1, 0.15) is 17.6 Å². The van der Waals surface area contributed by atoms with Crippen LogP contribution in [0.25, 0.3) is 11.4 Å². The van der Waals surface area contributed by atoms with Gasteiger partial charge in [0, 0.05) is 83.9 Å². The molecule has 2 aliphatic heterocycles. The largest absolute Gasteiger partial charge is 0.469 e. The van der Waals surface area contributed by atoms with Crippen molar-refractivity contribution in [2.75, 3.05) is 91.4 Å². The predicted octanol–water partition coefficient (Wildman–Crippen LogP) is 2.83. The molecule has 3 amide bonds. The van der Waals surface area contributed by atoms with E-state index in [1.54, 1.807) is 13.2 Å². The van der Waals surface area contributed by atoms with Gasteiger partial charge in [-0.1, -0.05) is 43.7 Å². The third kappa shape index (κ3) is 14.1. The minimum Gasteiger partial charge on any atom is -0.469 e. The molecular formula is C38H57N8O10P. The molecular weight excluding hydrogens is 759 g/mol. The summed E-state index contributed by atoms with van der Waals surface area (Å²) in [7, 11) is 0.504. The van der Waals surface area contributed by atoms with Crippen LogP contribution in [0.2, 0.25) is 0 Å². The lowest BCUT2D eigenvalue weighted by Crippen LogP contribution is -2.57. The molecule has 1 aromatic heterocycles. The van der Waals surface area contributed by atoms with Crippen molar-refractivity contribution in [2.24, 2.45) is 0 Å². The first-order valence-electron chi connectivity index (χ1n) is 19.5. The molecule has 314 valence electrons. The Hall–Kier alpha value is -4.64.